The Hall–Kier alpha value is -3.01. The zero-order valence-electron chi connectivity index (χ0n) is 26.4. The minimum Gasteiger partial charge on any atom is -0.359 e. The smallest absolute Gasteiger partial charge is 0.246 e. The van der Waals surface area contributed by atoms with Crippen LogP contribution in [0.2, 0.25) is 0 Å². The van der Waals surface area contributed by atoms with Gasteiger partial charge in [0.05, 0.1) is 17.9 Å². The van der Waals surface area contributed by atoms with E-state index in [0.29, 0.717) is 18.2 Å². The lowest BCUT2D eigenvalue weighted by Crippen LogP contribution is -2.56. The number of anilines is 1. The van der Waals surface area contributed by atoms with Gasteiger partial charge in [0.1, 0.15) is 11.6 Å². The molecule has 1 aliphatic carbocycles. The van der Waals surface area contributed by atoms with Crippen LogP contribution < -0.4 is 10.6 Å². The summed E-state index contributed by atoms with van der Waals surface area (Å²) in [5.74, 6) is -1.26. The zero-order chi connectivity index (χ0) is 31.7. The van der Waals surface area contributed by atoms with E-state index in [-0.39, 0.29) is 23.8 Å². The number of amides is 3. The lowest BCUT2D eigenvalue weighted by molar-refractivity contribution is -0.141. The molecule has 0 radical (unpaired) electrons. The maximum atomic E-state index is 14.3. The molecule has 5 aliphatic rings. The van der Waals surface area contributed by atoms with Crippen LogP contribution in [0, 0.1) is 17.8 Å². The van der Waals surface area contributed by atoms with Crippen LogP contribution in [0.5, 0.6) is 0 Å². The molecule has 4 aliphatic heterocycles. The highest BCUT2D eigenvalue weighted by Gasteiger charge is 2.72. The first-order valence-corrected chi connectivity index (χ1v) is 18.0. The summed E-state index contributed by atoms with van der Waals surface area (Å²) in [4.78, 5) is 46.4. The van der Waals surface area contributed by atoms with Crippen molar-refractivity contribution >= 4 is 39.3 Å². The minimum atomic E-state index is -1.13. The number of ether oxygens (including phenoxy) is 1. The van der Waals surface area contributed by atoms with Crippen molar-refractivity contribution in [2.75, 3.05) is 31.5 Å². The number of hydrogen-bond acceptors (Lipinski definition) is 5. The number of fused-ring (bicyclic) bond motifs is 1. The van der Waals surface area contributed by atoms with Gasteiger partial charge in [-0.2, -0.15) is 0 Å². The fraction of sp³-hybridized carbons (Fsp3) is 0.541. The van der Waals surface area contributed by atoms with Gasteiger partial charge in [-0.15, -0.1) is 0 Å². The van der Waals surface area contributed by atoms with Crippen LogP contribution in [0.15, 0.2) is 71.2 Å². The van der Waals surface area contributed by atoms with Gasteiger partial charge >= 0.3 is 0 Å². The van der Waals surface area contributed by atoms with Crippen LogP contribution in [0.4, 0.5) is 5.69 Å². The number of nitrogens with one attached hydrogen (secondary N) is 2. The predicted molar refractivity (Wildman–Crippen MR) is 181 cm³/mol. The average molecular weight is 690 g/mol. The molecule has 4 fully saturated rings. The maximum Gasteiger partial charge on any atom is 0.246 e. The Morgan fingerprint density at radius 1 is 0.913 bits per heavy atom. The molecular weight excluding hydrogens is 644 g/mol. The Bertz CT molecular complexity index is 1440. The molecule has 2 aromatic carbocycles. The third-order valence-corrected chi connectivity index (χ3v) is 11.5. The topological polar surface area (TPSA) is 91.0 Å². The molecule has 7 rings (SSSR count). The van der Waals surface area contributed by atoms with Crippen LogP contribution in [0.1, 0.15) is 56.9 Å². The number of nitrogens with zero attached hydrogens (tertiary/aromatic N) is 2. The van der Waals surface area contributed by atoms with Crippen molar-refractivity contribution in [3.63, 3.8) is 0 Å². The van der Waals surface area contributed by atoms with E-state index in [1.165, 1.54) is 24.8 Å². The van der Waals surface area contributed by atoms with Crippen molar-refractivity contribution in [2.45, 2.75) is 81.6 Å². The molecule has 244 valence electrons. The first kappa shape index (κ1) is 31.6. The molecule has 1 spiro atoms. The summed E-state index contributed by atoms with van der Waals surface area (Å²) in [6.07, 6.45) is 12.8. The van der Waals surface area contributed by atoms with Crippen molar-refractivity contribution in [1.29, 1.82) is 0 Å². The summed E-state index contributed by atoms with van der Waals surface area (Å²) < 4.78 is 7.46. The van der Waals surface area contributed by atoms with E-state index in [1.807, 2.05) is 36.4 Å². The second-order valence-corrected chi connectivity index (χ2v) is 14.8. The van der Waals surface area contributed by atoms with Crippen LogP contribution >= 0.6 is 15.9 Å². The number of piperidine rings is 1. The Morgan fingerprint density at radius 3 is 2.39 bits per heavy atom. The second-order valence-electron chi connectivity index (χ2n) is 13.9. The fourth-order valence-corrected chi connectivity index (χ4v) is 8.88. The van der Waals surface area contributed by atoms with E-state index in [1.54, 1.807) is 4.90 Å². The summed E-state index contributed by atoms with van der Waals surface area (Å²) in [6, 6.07) is 17.5. The SMILES string of the molecule is O=C(Nc1ccc(Br)cc1)[C@@H]1[C@H]2C=C[C@@]3(O2)[C@H]1C(=O)N(CCCN1CCC(Cc2ccccc2)CC1)[C@@H]3C(=O)NC1CCCCC1. The number of carbonyl (C=O) groups excluding carboxylic acids is 3. The molecule has 1 saturated carbocycles. The molecule has 5 atom stereocenters. The van der Waals surface area contributed by atoms with Gasteiger partial charge in [-0.3, -0.25) is 14.4 Å². The summed E-state index contributed by atoms with van der Waals surface area (Å²) >= 11 is 3.44. The molecule has 8 nitrogen and oxygen atoms in total. The van der Waals surface area contributed by atoms with Crippen LogP contribution in [-0.4, -0.2) is 77.5 Å². The maximum absolute atomic E-state index is 14.3. The highest BCUT2D eigenvalue weighted by Crippen LogP contribution is 2.55. The van der Waals surface area contributed by atoms with Gasteiger partial charge in [0.25, 0.3) is 0 Å². The van der Waals surface area contributed by atoms with Gasteiger partial charge in [-0.05, 0) is 93.9 Å². The van der Waals surface area contributed by atoms with Crippen molar-refractivity contribution in [1.82, 2.24) is 15.1 Å². The lowest BCUT2D eigenvalue weighted by atomic mass is 9.74. The standard InChI is InChI=1S/C37H45BrN4O4/c38-27-12-14-29(15-13-27)39-34(43)31-30-16-19-37(46-30)32(31)36(45)42(33(37)35(44)40-28-10-5-2-6-11-28)21-7-20-41-22-17-26(18-23-41)24-25-8-3-1-4-9-25/h1,3-4,8-9,12-16,19,26,28,30-33H,2,5-7,10-11,17-18,20-24H2,(H,39,43)(H,40,44)/t30-,31-,32-,33-,37-/m1/s1. The molecule has 2 N–H and O–H groups in total. The highest BCUT2D eigenvalue weighted by molar-refractivity contribution is 9.10. The van der Waals surface area contributed by atoms with Gasteiger partial charge in [-0.1, -0.05) is 77.7 Å². The summed E-state index contributed by atoms with van der Waals surface area (Å²) in [5.41, 5.74) is 0.943. The Kier molecular flexibility index (Phi) is 9.35. The predicted octanol–water partition coefficient (Wildman–Crippen LogP) is 5.33. The van der Waals surface area contributed by atoms with E-state index < -0.39 is 29.6 Å². The highest BCUT2D eigenvalue weighted by atomic mass is 79.9. The van der Waals surface area contributed by atoms with Gasteiger partial charge in [0.15, 0.2) is 0 Å². The van der Waals surface area contributed by atoms with E-state index in [4.69, 9.17) is 4.74 Å². The quantitative estimate of drug-likeness (QED) is 0.330. The lowest BCUT2D eigenvalue weighted by Gasteiger charge is -2.35. The average Bonchev–Trinajstić information content (AvgIpc) is 3.71. The van der Waals surface area contributed by atoms with Crippen molar-refractivity contribution in [2.24, 2.45) is 17.8 Å². The minimum absolute atomic E-state index is 0.116. The Balaban J connectivity index is 1.04. The largest absolute Gasteiger partial charge is 0.359 e. The molecule has 9 heteroatoms. The Morgan fingerprint density at radius 2 is 1.65 bits per heavy atom. The van der Waals surface area contributed by atoms with Crippen LogP contribution in [-0.2, 0) is 25.5 Å². The van der Waals surface area contributed by atoms with Crippen LogP contribution in [0.25, 0.3) is 0 Å². The third-order valence-electron chi connectivity index (χ3n) is 10.9. The first-order valence-electron chi connectivity index (χ1n) is 17.2. The van der Waals surface area contributed by atoms with E-state index in [9.17, 15) is 14.4 Å². The molecular formula is C37H45BrN4O4. The van der Waals surface area contributed by atoms with Gasteiger partial charge in [-0.25, -0.2) is 0 Å². The van der Waals surface area contributed by atoms with Crippen molar-refractivity contribution in [3.8, 4) is 0 Å². The van der Waals surface area contributed by atoms with Gasteiger partial charge in [0, 0.05) is 22.7 Å². The van der Waals surface area contributed by atoms with E-state index in [2.05, 4.69) is 61.8 Å². The summed E-state index contributed by atoms with van der Waals surface area (Å²) in [7, 11) is 0. The van der Waals surface area contributed by atoms with Crippen molar-refractivity contribution < 1.29 is 19.1 Å². The second kappa shape index (κ2) is 13.6. The molecule has 2 bridgehead atoms. The van der Waals surface area contributed by atoms with E-state index in [0.717, 1.165) is 62.6 Å². The number of benzene rings is 2. The number of hydrogen-bond donors (Lipinski definition) is 2. The number of halogens is 1. The number of carbonyl (C=O) groups is 3. The molecule has 3 amide bonds. The zero-order valence-corrected chi connectivity index (χ0v) is 28.0. The summed E-state index contributed by atoms with van der Waals surface area (Å²) in [5, 5.41) is 6.30. The Labute approximate surface area is 280 Å². The molecule has 4 heterocycles. The fourth-order valence-electron chi connectivity index (χ4n) is 8.62. The number of likely N-dealkylation sites (tertiary alicyclic amines) is 2. The normalized spacial score (nSPS) is 29.7. The summed E-state index contributed by atoms with van der Waals surface area (Å²) in [6.45, 7) is 3.45. The molecule has 3 saturated heterocycles. The molecule has 46 heavy (non-hydrogen) atoms. The van der Waals surface area contributed by atoms with E-state index >= 15 is 0 Å². The monoisotopic (exact) mass is 688 g/mol. The first-order chi connectivity index (χ1) is 22.4. The molecule has 2 aromatic rings. The van der Waals surface area contributed by atoms with Gasteiger partial charge < -0.3 is 25.2 Å². The van der Waals surface area contributed by atoms with Gasteiger partial charge in [0.2, 0.25) is 17.7 Å². The van der Waals surface area contributed by atoms with Crippen LogP contribution in [0.3, 0.4) is 0 Å². The van der Waals surface area contributed by atoms with Crippen molar-refractivity contribution in [3.05, 3.63) is 76.8 Å². The molecule has 0 unspecified atom stereocenters. The number of rotatable bonds is 10. The third kappa shape index (κ3) is 6.30. The molecule has 0 aromatic heterocycles.